The van der Waals surface area contributed by atoms with Gasteiger partial charge in [-0.1, -0.05) is 74.5 Å². The molecule has 0 bridgehead atoms. The van der Waals surface area contributed by atoms with Gasteiger partial charge in [0.2, 0.25) is 5.91 Å². The fourth-order valence-corrected chi connectivity index (χ4v) is 3.42. The predicted octanol–water partition coefficient (Wildman–Crippen LogP) is 4.12. The summed E-state index contributed by atoms with van der Waals surface area (Å²) < 4.78 is 1.97. The number of aromatic nitrogens is 3. The molecule has 5 nitrogen and oxygen atoms in total. The van der Waals surface area contributed by atoms with Gasteiger partial charge >= 0.3 is 0 Å². The van der Waals surface area contributed by atoms with Crippen molar-refractivity contribution in [1.29, 1.82) is 0 Å². The standard InChI is InChI=1S/C21H24N4OS/c1-14-5-11-17(12-6-14)25-19(23-24-20(25)27-13-18(22)26)15-7-9-16(10-8-15)21(2,3)4/h5-12H,13H2,1-4H3,(H2,22,26). The molecule has 1 amide bonds. The zero-order valence-corrected chi connectivity index (χ0v) is 16.9. The van der Waals surface area contributed by atoms with E-state index in [4.69, 9.17) is 5.73 Å². The van der Waals surface area contributed by atoms with Crippen LogP contribution < -0.4 is 5.73 Å². The average molecular weight is 381 g/mol. The number of primary amides is 1. The Hall–Kier alpha value is -2.60. The van der Waals surface area contributed by atoms with Crippen LogP contribution in [0.1, 0.15) is 31.9 Å². The van der Waals surface area contributed by atoms with Crippen molar-refractivity contribution in [2.75, 3.05) is 5.75 Å². The highest BCUT2D eigenvalue weighted by Gasteiger charge is 2.18. The molecule has 27 heavy (non-hydrogen) atoms. The van der Waals surface area contributed by atoms with Crippen molar-refractivity contribution < 1.29 is 4.79 Å². The van der Waals surface area contributed by atoms with Gasteiger partial charge in [0.25, 0.3) is 0 Å². The molecule has 0 saturated carbocycles. The summed E-state index contributed by atoms with van der Waals surface area (Å²) >= 11 is 1.29. The monoisotopic (exact) mass is 380 g/mol. The Morgan fingerprint density at radius 2 is 1.67 bits per heavy atom. The predicted molar refractivity (Wildman–Crippen MR) is 110 cm³/mol. The molecule has 3 rings (SSSR count). The zero-order valence-electron chi connectivity index (χ0n) is 16.1. The van der Waals surface area contributed by atoms with Crippen molar-refractivity contribution in [1.82, 2.24) is 14.8 Å². The van der Waals surface area contributed by atoms with Crippen LogP contribution in [0.4, 0.5) is 0 Å². The fraction of sp³-hybridized carbons (Fsp3) is 0.286. The van der Waals surface area contributed by atoms with Crippen molar-refractivity contribution in [3.8, 4) is 17.1 Å². The molecular weight excluding hydrogens is 356 g/mol. The van der Waals surface area contributed by atoms with Crippen molar-refractivity contribution in [3.05, 3.63) is 59.7 Å². The van der Waals surface area contributed by atoms with Gasteiger partial charge in [0, 0.05) is 11.3 Å². The highest BCUT2D eigenvalue weighted by Crippen LogP contribution is 2.30. The summed E-state index contributed by atoms with van der Waals surface area (Å²) in [5, 5.41) is 9.34. The first-order valence-corrected chi connectivity index (χ1v) is 9.79. The molecule has 0 spiro atoms. The van der Waals surface area contributed by atoms with E-state index in [-0.39, 0.29) is 17.1 Å². The Morgan fingerprint density at radius 3 is 2.22 bits per heavy atom. The molecule has 3 aromatic rings. The van der Waals surface area contributed by atoms with Crippen LogP contribution in [-0.4, -0.2) is 26.4 Å². The minimum absolute atomic E-state index is 0.0889. The highest BCUT2D eigenvalue weighted by atomic mass is 32.2. The zero-order chi connectivity index (χ0) is 19.6. The minimum atomic E-state index is -0.380. The summed E-state index contributed by atoms with van der Waals surface area (Å²) in [5.41, 5.74) is 9.76. The molecule has 140 valence electrons. The minimum Gasteiger partial charge on any atom is -0.369 e. The fourth-order valence-electron chi connectivity index (χ4n) is 2.73. The van der Waals surface area contributed by atoms with Gasteiger partial charge in [0.15, 0.2) is 11.0 Å². The smallest absolute Gasteiger partial charge is 0.227 e. The number of rotatable bonds is 5. The second kappa shape index (κ2) is 7.56. The van der Waals surface area contributed by atoms with E-state index < -0.39 is 0 Å². The molecule has 0 aliphatic rings. The molecule has 0 radical (unpaired) electrons. The maximum Gasteiger partial charge on any atom is 0.227 e. The van der Waals surface area contributed by atoms with Crippen LogP contribution in [-0.2, 0) is 10.2 Å². The summed E-state index contributed by atoms with van der Waals surface area (Å²) in [4.78, 5) is 11.2. The third-order valence-corrected chi connectivity index (χ3v) is 5.23. The van der Waals surface area contributed by atoms with Crippen LogP contribution in [0.3, 0.4) is 0 Å². The molecule has 1 heterocycles. The summed E-state index contributed by atoms with van der Waals surface area (Å²) in [7, 11) is 0. The van der Waals surface area contributed by atoms with E-state index in [1.807, 2.05) is 35.8 Å². The average Bonchev–Trinajstić information content (AvgIpc) is 3.04. The van der Waals surface area contributed by atoms with E-state index in [2.05, 4.69) is 55.2 Å². The van der Waals surface area contributed by atoms with Crippen molar-refractivity contribution in [3.63, 3.8) is 0 Å². The van der Waals surface area contributed by atoms with Gasteiger partial charge in [-0.15, -0.1) is 10.2 Å². The Labute approximate surface area is 164 Å². The first-order chi connectivity index (χ1) is 12.8. The Balaban J connectivity index is 2.07. The van der Waals surface area contributed by atoms with Gasteiger partial charge in [-0.2, -0.15) is 0 Å². The van der Waals surface area contributed by atoms with Crippen LogP contribution in [0.5, 0.6) is 0 Å². The van der Waals surface area contributed by atoms with Crippen LogP contribution in [0.2, 0.25) is 0 Å². The van der Waals surface area contributed by atoms with E-state index in [1.54, 1.807) is 0 Å². The molecule has 0 saturated heterocycles. The third-order valence-electron chi connectivity index (χ3n) is 4.28. The number of nitrogens with zero attached hydrogens (tertiary/aromatic N) is 3. The molecule has 0 unspecified atom stereocenters. The SMILES string of the molecule is Cc1ccc(-n2c(SCC(N)=O)nnc2-c2ccc(C(C)(C)C)cc2)cc1. The van der Waals surface area contributed by atoms with E-state index in [1.165, 1.54) is 22.9 Å². The van der Waals surface area contributed by atoms with Gasteiger partial charge in [0.1, 0.15) is 0 Å². The number of hydrogen-bond acceptors (Lipinski definition) is 4. The van der Waals surface area contributed by atoms with Crippen molar-refractivity contribution in [2.24, 2.45) is 5.73 Å². The van der Waals surface area contributed by atoms with Gasteiger partial charge in [-0.05, 0) is 30.0 Å². The maximum absolute atomic E-state index is 11.2. The van der Waals surface area contributed by atoms with Gasteiger partial charge in [-0.3, -0.25) is 9.36 Å². The second-order valence-corrected chi connectivity index (χ2v) is 8.50. The number of amides is 1. The lowest BCUT2D eigenvalue weighted by molar-refractivity contribution is -0.115. The number of carbonyl (C=O) groups excluding carboxylic acids is 1. The Bertz CT molecular complexity index is 938. The van der Waals surface area contributed by atoms with E-state index in [0.29, 0.717) is 5.16 Å². The van der Waals surface area contributed by atoms with E-state index in [0.717, 1.165) is 17.1 Å². The molecule has 0 atom stereocenters. The lowest BCUT2D eigenvalue weighted by Crippen LogP contribution is -2.13. The van der Waals surface area contributed by atoms with Crippen molar-refractivity contribution in [2.45, 2.75) is 38.3 Å². The number of aryl methyl sites for hydroxylation is 1. The molecular formula is C21H24N4OS. The normalized spacial score (nSPS) is 11.6. The van der Waals surface area contributed by atoms with E-state index >= 15 is 0 Å². The van der Waals surface area contributed by atoms with Gasteiger partial charge in [-0.25, -0.2) is 0 Å². The number of benzene rings is 2. The molecule has 2 aromatic carbocycles. The number of nitrogens with two attached hydrogens (primary N) is 1. The largest absolute Gasteiger partial charge is 0.369 e. The first kappa shape index (κ1) is 19.2. The first-order valence-electron chi connectivity index (χ1n) is 8.80. The summed E-state index contributed by atoms with van der Waals surface area (Å²) in [6.07, 6.45) is 0. The quantitative estimate of drug-likeness (QED) is 0.676. The number of carbonyl (C=O) groups is 1. The van der Waals surface area contributed by atoms with Crippen LogP contribution >= 0.6 is 11.8 Å². The third kappa shape index (κ3) is 4.39. The maximum atomic E-state index is 11.2. The molecule has 2 N–H and O–H groups in total. The van der Waals surface area contributed by atoms with Gasteiger partial charge in [0.05, 0.1) is 5.75 Å². The van der Waals surface area contributed by atoms with Crippen molar-refractivity contribution >= 4 is 17.7 Å². The molecule has 6 heteroatoms. The summed E-state index contributed by atoms with van der Waals surface area (Å²) in [5.74, 6) is 0.522. The summed E-state index contributed by atoms with van der Waals surface area (Å²) in [6.45, 7) is 8.62. The lowest BCUT2D eigenvalue weighted by atomic mass is 9.87. The highest BCUT2D eigenvalue weighted by molar-refractivity contribution is 7.99. The Kier molecular flexibility index (Phi) is 5.37. The van der Waals surface area contributed by atoms with Crippen LogP contribution in [0.25, 0.3) is 17.1 Å². The molecule has 1 aromatic heterocycles. The van der Waals surface area contributed by atoms with Crippen LogP contribution in [0.15, 0.2) is 53.7 Å². The molecule has 0 aliphatic carbocycles. The second-order valence-electron chi connectivity index (χ2n) is 7.56. The molecule has 0 aliphatic heterocycles. The topological polar surface area (TPSA) is 73.8 Å². The summed E-state index contributed by atoms with van der Waals surface area (Å²) in [6, 6.07) is 16.5. The van der Waals surface area contributed by atoms with E-state index in [9.17, 15) is 4.79 Å². The number of hydrogen-bond donors (Lipinski definition) is 1. The van der Waals surface area contributed by atoms with Gasteiger partial charge < -0.3 is 5.73 Å². The number of thioether (sulfide) groups is 1. The molecule has 0 fully saturated rings. The Morgan fingerprint density at radius 1 is 1.04 bits per heavy atom. The lowest BCUT2D eigenvalue weighted by Gasteiger charge is -2.19. The van der Waals surface area contributed by atoms with Crippen LogP contribution in [0, 0.1) is 6.92 Å².